The van der Waals surface area contributed by atoms with Gasteiger partial charge in [-0.1, -0.05) is 6.08 Å². The number of nitrogens with zero attached hydrogens (tertiary/aromatic N) is 1. The van der Waals surface area contributed by atoms with Crippen molar-refractivity contribution in [3.05, 3.63) is 23.4 Å². The molecule has 58 valence electrons. The molecule has 4 nitrogen and oxygen atoms in total. The molecule has 4 heteroatoms. The second kappa shape index (κ2) is 2.39. The van der Waals surface area contributed by atoms with E-state index >= 15 is 0 Å². The number of allylic oxidation sites excluding steroid dienone is 2. The number of hydroxylamine groups is 1. The lowest BCUT2D eigenvalue weighted by Crippen LogP contribution is -2.17. The van der Waals surface area contributed by atoms with Crippen LogP contribution in [-0.2, 0) is 0 Å². The van der Waals surface area contributed by atoms with E-state index in [1.54, 1.807) is 0 Å². The lowest BCUT2D eigenvalue weighted by Gasteiger charge is -2.10. The van der Waals surface area contributed by atoms with Gasteiger partial charge in [-0.25, -0.2) is 0 Å². The number of hydrogen-bond donors (Lipinski definition) is 3. The first-order chi connectivity index (χ1) is 5.42. The van der Waals surface area contributed by atoms with Crippen LogP contribution in [0.4, 0.5) is 0 Å². The maximum Gasteiger partial charge on any atom is 0.0895 e. The van der Waals surface area contributed by atoms with Crippen LogP contribution >= 0.6 is 0 Å². The molecule has 2 aliphatic rings. The van der Waals surface area contributed by atoms with Crippen LogP contribution in [0.15, 0.2) is 28.5 Å². The van der Waals surface area contributed by atoms with E-state index in [1.165, 1.54) is 0 Å². The van der Waals surface area contributed by atoms with E-state index in [-0.39, 0.29) is 0 Å². The van der Waals surface area contributed by atoms with Gasteiger partial charge in [0.05, 0.1) is 12.3 Å². The summed E-state index contributed by atoms with van der Waals surface area (Å²) in [7, 11) is 0. The van der Waals surface area contributed by atoms with Crippen LogP contribution in [0.5, 0.6) is 0 Å². The predicted octanol–water partition coefficient (Wildman–Crippen LogP) is 0.138. The lowest BCUT2D eigenvalue weighted by atomic mass is 10.0. The molecule has 1 heterocycles. The zero-order valence-corrected chi connectivity index (χ0v) is 5.96. The van der Waals surface area contributed by atoms with Gasteiger partial charge in [-0.2, -0.15) is 5.10 Å². The third kappa shape index (κ3) is 0.914. The molecule has 0 unspecified atom stereocenters. The lowest BCUT2D eigenvalue weighted by molar-refractivity contribution is 0.197. The highest BCUT2D eigenvalue weighted by Crippen LogP contribution is 2.17. The third-order valence-corrected chi connectivity index (χ3v) is 1.86. The Morgan fingerprint density at radius 2 is 2.55 bits per heavy atom. The first-order valence-electron chi connectivity index (χ1n) is 3.51. The summed E-state index contributed by atoms with van der Waals surface area (Å²) in [5.74, 6) is 0. The zero-order chi connectivity index (χ0) is 7.68. The first-order valence-corrected chi connectivity index (χ1v) is 3.51. The summed E-state index contributed by atoms with van der Waals surface area (Å²) in [6.07, 6.45) is 4.68. The van der Waals surface area contributed by atoms with Crippen molar-refractivity contribution < 1.29 is 5.21 Å². The highest BCUT2D eigenvalue weighted by atomic mass is 16.5. The van der Waals surface area contributed by atoms with Gasteiger partial charge < -0.3 is 5.43 Å². The number of fused-ring (bicyclic) bond motifs is 1. The summed E-state index contributed by atoms with van der Waals surface area (Å²) in [5, 5.41) is 12.7. The Morgan fingerprint density at radius 1 is 1.64 bits per heavy atom. The molecule has 0 atom stereocenters. The van der Waals surface area contributed by atoms with Crippen molar-refractivity contribution in [2.45, 2.75) is 6.42 Å². The van der Waals surface area contributed by atoms with Crippen molar-refractivity contribution in [2.75, 3.05) is 6.54 Å². The average molecular weight is 151 g/mol. The van der Waals surface area contributed by atoms with Gasteiger partial charge in [-0.3, -0.25) is 10.7 Å². The molecule has 0 radical (unpaired) electrons. The Bertz CT molecular complexity index is 265. The fourth-order valence-electron chi connectivity index (χ4n) is 1.29. The molecule has 0 bridgehead atoms. The van der Waals surface area contributed by atoms with Gasteiger partial charge in [-0.05, 0) is 6.08 Å². The van der Waals surface area contributed by atoms with Crippen LogP contribution in [0.25, 0.3) is 0 Å². The molecule has 0 fully saturated rings. The quantitative estimate of drug-likeness (QED) is 0.467. The Morgan fingerprint density at radius 3 is 3.36 bits per heavy atom. The molecule has 0 amide bonds. The van der Waals surface area contributed by atoms with Gasteiger partial charge in [0, 0.05) is 17.7 Å². The molecular weight excluding hydrogens is 142 g/mol. The van der Waals surface area contributed by atoms with Crippen LogP contribution in [-0.4, -0.2) is 17.5 Å². The fourth-order valence-corrected chi connectivity index (χ4v) is 1.29. The van der Waals surface area contributed by atoms with E-state index in [4.69, 9.17) is 5.21 Å². The largest absolute Gasteiger partial charge is 0.305 e. The maximum absolute atomic E-state index is 8.71. The number of rotatable bonds is 1. The van der Waals surface area contributed by atoms with Gasteiger partial charge >= 0.3 is 0 Å². The summed E-state index contributed by atoms with van der Waals surface area (Å²) >= 11 is 0. The highest BCUT2D eigenvalue weighted by Gasteiger charge is 2.18. The highest BCUT2D eigenvalue weighted by molar-refractivity contribution is 6.10. The molecule has 0 saturated heterocycles. The van der Waals surface area contributed by atoms with E-state index in [9.17, 15) is 0 Å². The Kier molecular flexibility index (Phi) is 1.40. The summed E-state index contributed by atoms with van der Waals surface area (Å²) in [5.41, 5.74) is 7.87. The first kappa shape index (κ1) is 6.42. The standard InChI is InChI=1S/C7H9N3O/c11-10-7-3-1-2-6-5(7)4-8-9-6/h1-2,8,10-11H,3-4H2. The van der Waals surface area contributed by atoms with Crippen LogP contribution in [0.3, 0.4) is 0 Å². The van der Waals surface area contributed by atoms with E-state index in [0.717, 1.165) is 23.4 Å². The molecule has 1 aliphatic heterocycles. The topological polar surface area (TPSA) is 56.6 Å². The number of nitrogens with one attached hydrogen (secondary N) is 2. The molecule has 0 spiro atoms. The van der Waals surface area contributed by atoms with Crippen molar-refractivity contribution in [2.24, 2.45) is 5.10 Å². The van der Waals surface area contributed by atoms with Gasteiger partial charge in [-0.15, -0.1) is 0 Å². The SMILES string of the molecule is ONC1=C2CNN=C2C=CC1. The average Bonchev–Trinajstić information content (AvgIpc) is 2.50. The zero-order valence-electron chi connectivity index (χ0n) is 5.96. The van der Waals surface area contributed by atoms with Crippen molar-refractivity contribution in [3.63, 3.8) is 0 Å². The molecule has 11 heavy (non-hydrogen) atoms. The minimum absolute atomic E-state index is 0.711. The van der Waals surface area contributed by atoms with Crippen LogP contribution in [0.2, 0.25) is 0 Å². The summed E-state index contributed by atoms with van der Waals surface area (Å²) in [6.45, 7) is 0.711. The molecule has 0 saturated carbocycles. The molecule has 1 aliphatic carbocycles. The maximum atomic E-state index is 8.71. The third-order valence-electron chi connectivity index (χ3n) is 1.86. The van der Waals surface area contributed by atoms with E-state index in [2.05, 4.69) is 16.0 Å². The summed E-state index contributed by atoms with van der Waals surface area (Å²) in [4.78, 5) is 0. The number of hydrazone groups is 1. The second-order valence-electron chi connectivity index (χ2n) is 2.51. The van der Waals surface area contributed by atoms with Crippen LogP contribution in [0.1, 0.15) is 6.42 Å². The molecule has 3 N–H and O–H groups in total. The van der Waals surface area contributed by atoms with Gasteiger partial charge in [0.1, 0.15) is 0 Å². The van der Waals surface area contributed by atoms with E-state index in [1.807, 2.05) is 12.2 Å². The van der Waals surface area contributed by atoms with Gasteiger partial charge in [0.2, 0.25) is 0 Å². The molecule has 2 rings (SSSR count). The van der Waals surface area contributed by atoms with Gasteiger partial charge in [0.25, 0.3) is 0 Å². The van der Waals surface area contributed by atoms with E-state index in [0.29, 0.717) is 6.54 Å². The summed E-state index contributed by atoms with van der Waals surface area (Å²) < 4.78 is 0. The monoisotopic (exact) mass is 151 g/mol. The summed E-state index contributed by atoms with van der Waals surface area (Å²) in [6, 6.07) is 0. The van der Waals surface area contributed by atoms with Crippen LogP contribution in [0, 0.1) is 0 Å². The fraction of sp³-hybridized carbons (Fsp3) is 0.286. The Hall–Kier alpha value is -1.29. The molecule has 0 aromatic heterocycles. The van der Waals surface area contributed by atoms with E-state index < -0.39 is 0 Å². The Labute approximate surface area is 64.3 Å². The second-order valence-corrected chi connectivity index (χ2v) is 2.51. The van der Waals surface area contributed by atoms with Crippen molar-refractivity contribution >= 4 is 5.71 Å². The van der Waals surface area contributed by atoms with Gasteiger partial charge in [0.15, 0.2) is 0 Å². The normalized spacial score (nSPS) is 21.0. The van der Waals surface area contributed by atoms with Crippen molar-refractivity contribution in [1.82, 2.24) is 10.9 Å². The Balaban J connectivity index is 2.37. The van der Waals surface area contributed by atoms with Crippen LogP contribution < -0.4 is 10.9 Å². The molecular formula is C7H9N3O. The minimum atomic E-state index is 0.711. The predicted molar refractivity (Wildman–Crippen MR) is 41.1 cm³/mol. The van der Waals surface area contributed by atoms with Crippen molar-refractivity contribution in [3.8, 4) is 0 Å². The smallest absolute Gasteiger partial charge is 0.0895 e. The number of hydrogen-bond acceptors (Lipinski definition) is 4. The van der Waals surface area contributed by atoms with Crippen molar-refractivity contribution in [1.29, 1.82) is 0 Å². The molecule has 0 aromatic rings. The minimum Gasteiger partial charge on any atom is -0.305 e. The molecule has 0 aromatic carbocycles.